The van der Waals surface area contributed by atoms with Crippen molar-refractivity contribution in [2.75, 3.05) is 76.6 Å². The van der Waals surface area contributed by atoms with Crippen molar-refractivity contribution in [2.45, 2.75) is 6.42 Å². The number of rotatable bonds is 6. The monoisotopic (exact) mass is 303 g/mol. The second-order valence-corrected chi connectivity index (χ2v) is 6.52. The maximum Gasteiger partial charge on any atom is 0.0420 e. The molecule has 5 heteroatoms. The number of nitrogens with one attached hydrogen (secondary N) is 1. The molecule has 1 fully saturated rings. The fourth-order valence-electron chi connectivity index (χ4n) is 3.34. The van der Waals surface area contributed by atoms with E-state index in [0.29, 0.717) is 0 Å². The molecular formula is C17H29N5. The summed E-state index contributed by atoms with van der Waals surface area (Å²) in [5.41, 5.74) is 9.55. The zero-order valence-corrected chi connectivity index (χ0v) is 13.7. The first kappa shape index (κ1) is 15.6. The Hall–Kier alpha value is -1.30. The third kappa shape index (κ3) is 3.91. The van der Waals surface area contributed by atoms with E-state index in [4.69, 9.17) is 5.73 Å². The molecule has 0 aliphatic carbocycles. The van der Waals surface area contributed by atoms with Crippen molar-refractivity contribution in [3.05, 3.63) is 23.8 Å². The van der Waals surface area contributed by atoms with Gasteiger partial charge in [-0.2, -0.15) is 0 Å². The summed E-state index contributed by atoms with van der Waals surface area (Å²) in [6, 6.07) is 6.30. The van der Waals surface area contributed by atoms with Gasteiger partial charge in [-0.25, -0.2) is 0 Å². The predicted molar refractivity (Wildman–Crippen MR) is 93.6 cm³/mol. The van der Waals surface area contributed by atoms with Gasteiger partial charge in [-0.05, 0) is 31.2 Å². The Bertz CT molecular complexity index is 482. The Balaban J connectivity index is 1.34. The maximum absolute atomic E-state index is 5.91. The number of likely N-dealkylation sites (N-methyl/N-ethyl adjacent to an activating group) is 1. The third-order valence-electron chi connectivity index (χ3n) is 4.86. The van der Waals surface area contributed by atoms with Gasteiger partial charge in [0.25, 0.3) is 0 Å². The number of hydrogen-bond donors (Lipinski definition) is 2. The molecule has 0 spiro atoms. The quantitative estimate of drug-likeness (QED) is 0.591. The number of benzene rings is 1. The van der Waals surface area contributed by atoms with Crippen molar-refractivity contribution in [1.29, 1.82) is 0 Å². The summed E-state index contributed by atoms with van der Waals surface area (Å²) < 4.78 is 0. The molecule has 1 aromatic rings. The highest BCUT2D eigenvalue weighted by molar-refractivity contribution is 5.64. The van der Waals surface area contributed by atoms with Crippen LogP contribution in [0, 0.1) is 0 Å². The average Bonchev–Trinajstić information content (AvgIpc) is 2.91. The highest BCUT2D eigenvalue weighted by Gasteiger charge is 2.18. The van der Waals surface area contributed by atoms with Crippen LogP contribution in [0.2, 0.25) is 0 Å². The minimum absolute atomic E-state index is 0.869. The summed E-state index contributed by atoms with van der Waals surface area (Å²) >= 11 is 0. The molecule has 2 heterocycles. The van der Waals surface area contributed by atoms with Crippen LogP contribution in [0.1, 0.15) is 5.56 Å². The van der Waals surface area contributed by atoms with E-state index in [-0.39, 0.29) is 0 Å². The van der Waals surface area contributed by atoms with Crippen LogP contribution in [0.15, 0.2) is 18.2 Å². The molecule has 0 radical (unpaired) electrons. The van der Waals surface area contributed by atoms with E-state index in [1.807, 2.05) is 6.07 Å². The van der Waals surface area contributed by atoms with E-state index in [9.17, 15) is 0 Å². The van der Waals surface area contributed by atoms with Crippen molar-refractivity contribution < 1.29 is 0 Å². The number of fused-ring (bicyclic) bond motifs is 1. The van der Waals surface area contributed by atoms with Gasteiger partial charge in [0.05, 0.1) is 0 Å². The summed E-state index contributed by atoms with van der Waals surface area (Å²) in [4.78, 5) is 7.41. The van der Waals surface area contributed by atoms with Gasteiger partial charge >= 0.3 is 0 Å². The molecule has 22 heavy (non-hydrogen) atoms. The maximum atomic E-state index is 5.91. The number of hydrogen-bond acceptors (Lipinski definition) is 5. The van der Waals surface area contributed by atoms with E-state index in [1.165, 1.54) is 37.4 Å². The summed E-state index contributed by atoms with van der Waals surface area (Å²) in [7, 11) is 2.20. The van der Waals surface area contributed by atoms with E-state index >= 15 is 0 Å². The first-order valence-corrected chi connectivity index (χ1v) is 8.47. The molecule has 3 N–H and O–H groups in total. The SMILES string of the molecule is CN1CCN(CCNCCN2CCc3ccc(N)cc32)CC1. The Labute approximate surface area is 134 Å². The lowest BCUT2D eigenvalue weighted by molar-refractivity contribution is 0.155. The van der Waals surface area contributed by atoms with Gasteiger partial charge in [0.2, 0.25) is 0 Å². The molecule has 0 aromatic heterocycles. The van der Waals surface area contributed by atoms with Gasteiger partial charge in [0.1, 0.15) is 0 Å². The van der Waals surface area contributed by atoms with Crippen molar-refractivity contribution in [3.63, 3.8) is 0 Å². The van der Waals surface area contributed by atoms with Gasteiger partial charge in [-0.15, -0.1) is 0 Å². The van der Waals surface area contributed by atoms with Gasteiger partial charge in [0.15, 0.2) is 0 Å². The zero-order chi connectivity index (χ0) is 15.4. The molecule has 5 nitrogen and oxygen atoms in total. The highest BCUT2D eigenvalue weighted by Crippen LogP contribution is 2.29. The zero-order valence-electron chi connectivity index (χ0n) is 13.7. The van der Waals surface area contributed by atoms with Crippen LogP contribution in [0.5, 0.6) is 0 Å². The molecule has 2 aliphatic heterocycles. The number of anilines is 2. The summed E-state index contributed by atoms with van der Waals surface area (Å²) in [5, 5.41) is 3.59. The molecule has 1 saturated heterocycles. The van der Waals surface area contributed by atoms with Crippen molar-refractivity contribution >= 4 is 11.4 Å². The largest absolute Gasteiger partial charge is 0.399 e. The Morgan fingerprint density at radius 2 is 1.82 bits per heavy atom. The van der Waals surface area contributed by atoms with Crippen molar-refractivity contribution in [1.82, 2.24) is 15.1 Å². The van der Waals surface area contributed by atoms with Crippen LogP contribution >= 0.6 is 0 Å². The first-order chi connectivity index (χ1) is 10.7. The minimum atomic E-state index is 0.869. The van der Waals surface area contributed by atoms with Crippen molar-refractivity contribution in [2.24, 2.45) is 0 Å². The Kier molecular flexibility index (Phi) is 5.18. The fraction of sp³-hybridized carbons (Fsp3) is 0.647. The molecule has 122 valence electrons. The van der Waals surface area contributed by atoms with Gasteiger partial charge in [0, 0.05) is 70.3 Å². The van der Waals surface area contributed by atoms with Crippen LogP contribution < -0.4 is 16.0 Å². The second kappa shape index (κ2) is 7.31. The van der Waals surface area contributed by atoms with E-state index < -0.39 is 0 Å². The van der Waals surface area contributed by atoms with Crippen LogP contribution in [0.3, 0.4) is 0 Å². The molecule has 2 aliphatic rings. The lowest BCUT2D eigenvalue weighted by Gasteiger charge is -2.32. The predicted octanol–water partition coefficient (Wildman–Crippen LogP) is 0.468. The summed E-state index contributed by atoms with van der Waals surface area (Å²) in [6.45, 7) is 10.3. The van der Waals surface area contributed by atoms with E-state index in [1.54, 1.807) is 0 Å². The molecule has 3 rings (SSSR count). The second-order valence-electron chi connectivity index (χ2n) is 6.52. The number of nitrogens with two attached hydrogens (primary N) is 1. The minimum Gasteiger partial charge on any atom is -0.399 e. The third-order valence-corrected chi connectivity index (χ3v) is 4.86. The van der Waals surface area contributed by atoms with Gasteiger partial charge < -0.3 is 20.9 Å². The van der Waals surface area contributed by atoms with Crippen LogP contribution in [0.25, 0.3) is 0 Å². The van der Waals surface area contributed by atoms with Crippen molar-refractivity contribution in [3.8, 4) is 0 Å². The van der Waals surface area contributed by atoms with Gasteiger partial charge in [-0.1, -0.05) is 6.07 Å². The van der Waals surface area contributed by atoms with Gasteiger partial charge in [-0.3, -0.25) is 4.90 Å². The highest BCUT2D eigenvalue weighted by atomic mass is 15.2. The topological polar surface area (TPSA) is 47.8 Å². The molecule has 0 atom stereocenters. The smallest absolute Gasteiger partial charge is 0.0420 e. The lowest BCUT2D eigenvalue weighted by Crippen LogP contribution is -2.46. The normalized spacial score (nSPS) is 19.6. The Morgan fingerprint density at radius 3 is 2.64 bits per heavy atom. The number of nitrogens with zero attached hydrogens (tertiary/aromatic N) is 3. The molecule has 0 unspecified atom stereocenters. The van der Waals surface area contributed by atoms with Crippen LogP contribution in [0.4, 0.5) is 11.4 Å². The molecular weight excluding hydrogens is 274 g/mol. The van der Waals surface area contributed by atoms with Crippen LogP contribution in [-0.2, 0) is 6.42 Å². The molecule has 0 amide bonds. The fourth-order valence-corrected chi connectivity index (χ4v) is 3.34. The molecule has 1 aromatic carbocycles. The lowest BCUT2D eigenvalue weighted by atomic mass is 10.1. The summed E-state index contributed by atoms with van der Waals surface area (Å²) in [5.74, 6) is 0. The van der Waals surface area contributed by atoms with E-state index in [2.05, 4.69) is 39.2 Å². The number of nitrogen functional groups attached to an aromatic ring is 1. The van der Waals surface area contributed by atoms with E-state index in [0.717, 1.165) is 44.8 Å². The average molecular weight is 303 g/mol. The molecule has 0 bridgehead atoms. The number of piperazine rings is 1. The first-order valence-electron chi connectivity index (χ1n) is 8.47. The standard InChI is InChI=1S/C17H29N5/c1-20-10-12-21(13-11-20)8-5-19-6-9-22-7-4-15-2-3-16(18)14-17(15)22/h2-3,14,19H,4-13,18H2,1H3. The van der Waals surface area contributed by atoms with Crippen LogP contribution in [-0.4, -0.2) is 75.8 Å². The summed E-state index contributed by atoms with van der Waals surface area (Å²) in [6.07, 6.45) is 1.15. The Morgan fingerprint density at radius 1 is 1.05 bits per heavy atom. The molecule has 0 saturated carbocycles.